The molecule has 0 radical (unpaired) electrons. The summed E-state index contributed by atoms with van der Waals surface area (Å²) in [6, 6.07) is 0. The van der Waals surface area contributed by atoms with E-state index in [4.69, 9.17) is 9.31 Å². The summed E-state index contributed by atoms with van der Waals surface area (Å²) in [5.74, 6) is 0. The zero-order chi connectivity index (χ0) is 11.7. The Hall–Kier alpha value is -0.865. The molecule has 0 amide bonds. The molecule has 0 aliphatic carbocycles. The molecule has 4 heteroatoms. The summed E-state index contributed by atoms with van der Waals surface area (Å²) >= 11 is 0. The summed E-state index contributed by atoms with van der Waals surface area (Å²) in [6.45, 7) is 15.3. The Morgan fingerprint density at radius 2 is 1.67 bits per heavy atom. The summed E-state index contributed by atoms with van der Waals surface area (Å²) in [4.78, 5) is 3.62. The summed E-state index contributed by atoms with van der Waals surface area (Å²) in [5.41, 5.74) is 0.104. The van der Waals surface area contributed by atoms with E-state index < -0.39 is 7.12 Å². The fourth-order valence-electron chi connectivity index (χ4n) is 1.22. The Bertz CT molecular complexity index is 292. The van der Waals surface area contributed by atoms with E-state index in [9.17, 15) is 0 Å². The molecule has 1 fully saturated rings. The van der Waals surface area contributed by atoms with Crippen molar-refractivity contribution in [3.05, 3.63) is 24.3 Å². The molecule has 0 aromatic carbocycles. The normalized spacial score (nSPS) is 23.3. The second-order valence-electron chi connectivity index (χ2n) is 4.66. The number of hydrogen-bond donors (Lipinski definition) is 0. The van der Waals surface area contributed by atoms with E-state index in [0.717, 1.165) is 5.47 Å². The van der Waals surface area contributed by atoms with Crippen LogP contribution in [-0.4, -0.2) is 25.0 Å². The monoisotopic (exact) mass is 207 g/mol. The second kappa shape index (κ2) is 3.95. The fraction of sp³-hybridized carbons (Fsp3) is 0.545. The van der Waals surface area contributed by atoms with E-state index in [1.807, 2.05) is 27.7 Å². The molecule has 15 heavy (non-hydrogen) atoms. The average molecular weight is 207 g/mol. The number of aliphatic imine (C=N–C) groups is 1. The van der Waals surface area contributed by atoms with Crippen LogP contribution in [0, 0.1) is 0 Å². The van der Waals surface area contributed by atoms with Crippen LogP contribution in [0.25, 0.3) is 0 Å². The van der Waals surface area contributed by atoms with Crippen molar-refractivity contribution in [3.63, 3.8) is 0 Å². The lowest BCUT2D eigenvalue weighted by Gasteiger charge is -2.32. The van der Waals surface area contributed by atoms with Crippen molar-refractivity contribution in [1.82, 2.24) is 0 Å². The first-order valence-electron chi connectivity index (χ1n) is 4.97. The molecule has 0 N–H and O–H groups in total. The zero-order valence-electron chi connectivity index (χ0n) is 9.91. The fourth-order valence-corrected chi connectivity index (χ4v) is 1.22. The first-order chi connectivity index (χ1) is 6.80. The summed E-state index contributed by atoms with van der Waals surface area (Å²) in [5, 5.41) is 0. The topological polar surface area (TPSA) is 30.8 Å². The minimum Gasteiger partial charge on any atom is -0.399 e. The molecule has 1 aliphatic heterocycles. The lowest BCUT2D eigenvalue weighted by Crippen LogP contribution is -2.41. The molecule has 0 aromatic heterocycles. The van der Waals surface area contributed by atoms with Gasteiger partial charge in [0.05, 0.1) is 11.2 Å². The summed E-state index contributed by atoms with van der Waals surface area (Å²) in [6.07, 6.45) is 3.32. The zero-order valence-corrected chi connectivity index (χ0v) is 9.91. The van der Waals surface area contributed by atoms with Gasteiger partial charge in [0.2, 0.25) is 0 Å². The van der Waals surface area contributed by atoms with Crippen molar-refractivity contribution in [2.75, 3.05) is 0 Å². The molecule has 0 atom stereocenters. The Balaban J connectivity index is 2.75. The predicted molar refractivity (Wildman–Crippen MR) is 63.9 cm³/mol. The molecule has 0 saturated carbocycles. The maximum absolute atomic E-state index is 5.79. The van der Waals surface area contributed by atoms with E-state index in [-0.39, 0.29) is 11.2 Å². The number of nitrogens with zero attached hydrogens (tertiary/aromatic N) is 1. The van der Waals surface area contributed by atoms with Gasteiger partial charge in [0.1, 0.15) is 0 Å². The first kappa shape index (κ1) is 12.2. The molecule has 3 nitrogen and oxygen atoms in total. The molecule has 0 unspecified atom stereocenters. The van der Waals surface area contributed by atoms with Crippen LogP contribution >= 0.6 is 0 Å². The van der Waals surface area contributed by atoms with Crippen LogP contribution in [-0.2, 0) is 9.31 Å². The summed E-state index contributed by atoms with van der Waals surface area (Å²) in [7, 11) is -0.395. The highest BCUT2D eigenvalue weighted by molar-refractivity contribution is 6.55. The van der Waals surface area contributed by atoms with Crippen molar-refractivity contribution >= 4 is 13.8 Å². The second-order valence-corrected chi connectivity index (χ2v) is 4.66. The number of hydrogen-bond acceptors (Lipinski definition) is 3. The van der Waals surface area contributed by atoms with Crippen molar-refractivity contribution in [2.45, 2.75) is 38.9 Å². The van der Waals surface area contributed by atoms with Gasteiger partial charge in [0.25, 0.3) is 0 Å². The highest BCUT2D eigenvalue weighted by Crippen LogP contribution is 2.38. The SMILES string of the molecule is C=N/C=C\C(=C)B1OC(C)(C)C(C)(C)O1. The summed E-state index contributed by atoms with van der Waals surface area (Å²) < 4.78 is 11.6. The van der Waals surface area contributed by atoms with E-state index in [2.05, 4.69) is 18.3 Å². The van der Waals surface area contributed by atoms with E-state index >= 15 is 0 Å². The van der Waals surface area contributed by atoms with Gasteiger partial charge in [-0.3, -0.25) is 4.99 Å². The van der Waals surface area contributed by atoms with Crippen LogP contribution in [0.2, 0.25) is 0 Å². The maximum Gasteiger partial charge on any atom is 0.494 e. The molecule has 0 bridgehead atoms. The molecule has 0 aromatic rings. The standard InChI is InChI=1S/C11H18BNO2/c1-9(7-8-13-6)12-14-10(2,3)11(4,5)15-12/h7-8H,1,6H2,2-5H3/b8-7-. The van der Waals surface area contributed by atoms with Gasteiger partial charge in [-0.1, -0.05) is 6.58 Å². The highest BCUT2D eigenvalue weighted by atomic mass is 16.7. The third-order valence-corrected chi connectivity index (χ3v) is 2.95. The molecule has 1 rings (SSSR count). The van der Waals surface area contributed by atoms with E-state index in [1.54, 1.807) is 12.3 Å². The smallest absolute Gasteiger partial charge is 0.399 e. The molecule has 1 heterocycles. The number of rotatable bonds is 3. The molecule has 0 spiro atoms. The van der Waals surface area contributed by atoms with Crippen LogP contribution in [0.15, 0.2) is 29.3 Å². The minimum atomic E-state index is -0.395. The van der Waals surface area contributed by atoms with Crippen molar-refractivity contribution in [1.29, 1.82) is 0 Å². The average Bonchev–Trinajstić information content (AvgIpc) is 2.32. The van der Waals surface area contributed by atoms with E-state index in [1.165, 1.54) is 0 Å². The van der Waals surface area contributed by atoms with Crippen LogP contribution in [0.4, 0.5) is 0 Å². The van der Waals surface area contributed by atoms with Crippen LogP contribution in [0.1, 0.15) is 27.7 Å². The Morgan fingerprint density at radius 1 is 1.20 bits per heavy atom. The van der Waals surface area contributed by atoms with Crippen LogP contribution in [0.3, 0.4) is 0 Å². The van der Waals surface area contributed by atoms with Gasteiger partial charge < -0.3 is 9.31 Å². The molecule has 1 aliphatic rings. The molecule has 1 saturated heterocycles. The van der Waals surface area contributed by atoms with Gasteiger partial charge in [-0.15, -0.1) is 0 Å². The lowest BCUT2D eigenvalue weighted by molar-refractivity contribution is 0.00578. The molecule has 82 valence electrons. The predicted octanol–water partition coefficient (Wildman–Crippen LogP) is 2.39. The van der Waals surface area contributed by atoms with Gasteiger partial charge in [0.15, 0.2) is 0 Å². The van der Waals surface area contributed by atoms with Crippen molar-refractivity contribution < 1.29 is 9.31 Å². The van der Waals surface area contributed by atoms with E-state index in [0.29, 0.717) is 0 Å². The van der Waals surface area contributed by atoms with Gasteiger partial charge >= 0.3 is 7.12 Å². The van der Waals surface area contributed by atoms with Gasteiger partial charge in [-0.2, -0.15) is 0 Å². The van der Waals surface area contributed by atoms with Crippen LogP contribution in [0.5, 0.6) is 0 Å². The minimum absolute atomic E-state index is 0.323. The van der Waals surface area contributed by atoms with Gasteiger partial charge in [-0.25, -0.2) is 0 Å². The third-order valence-electron chi connectivity index (χ3n) is 2.95. The quantitative estimate of drug-likeness (QED) is 0.404. The maximum atomic E-state index is 5.79. The van der Waals surface area contributed by atoms with Crippen molar-refractivity contribution in [2.24, 2.45) is 4.99 Å². The number of allylic oxidation sites excluding steroid dienone is 2. The Kier molecular flexibility index (Phi) is 3.21. The van der Waals surface area contributed by atoms with Crippen LogP contribution < -0.4 is 0 Å². The highest BCUT2D eigenvalue weighted by Gasteiger charge is 2.51. The van der Waals surface area contributed by atoms with Gasteiger partial charge in [0, 0.05) is 6.20 Å². The Labute approximate surface area is 92.0 Å². The molecular formula is C11H18BNO2. The largest absolute Gasteiger partial charge is 0.494 e. The lowest BCUT2D eigenvalue weighted by atomic mass is 9.79. The Morgan fingerprint density at radius 3 is 2.07 bits per heavy atom. The molecular weight excluding hydrogens is 189 g/mol. The van der Waals surface area contributed by atoms with Crippen molar-refractivity contribution in [3.8, 4) is 0 Å². The first-order valence-corrected chi connectivity index (χ1v) is 4.97. The third kappa shape index (κ3) is 2.38. The van der Waals surface area contributed by atoms with Gasteiger partial charge in [-0.05, 0) is 46.0 Å².